The minimum atomic E-state index is -0.988. The summed E-state index contributed by atoms with van der Waals surface area (Å²) in [6.45, 7) is 1.37. The van der Waals surface area contributed by atoms with Crippen molar-refractivity contribution in [2.24, 2.45) is 0 Å². The Labute approximate surface area is 59.2 Å². The van der Waals surface area contributed by atoms with Crippen LogP contribution in [0.1, 0.15) is 13.3 Å². The number of nitrogens with one attached hydrogen (secondary N) is 1. The fourth-order valence-electron chi connectivity index (χ4n) is 0.600. The largest absolute Gasteiger partial charge is 0.480 e. The molecule has 0 spiro atoms. The zero-order chi connectivity index (χ0) is 8.15. The van der Waals surface area contributed by atoms with E-state index in [-0.39, 0.29) is 12.2 Å². The Morgan fingerprint density at radius 2 is 2.10 bits per heavy atom. The lowest BCUT2D eigenvalue weighted by Gasteiger charge is -2.06. The average Bonchev–Trinajstić information content (AvgIpc) is 1.81. The van der Waals surface area contributed by atoms with Gasteiger partial charge in [-0.15, -0.1) is 0 Å². The third kappa shape index (κ3) is 3.19. The molecule has 0 amide bonds. The summed E-state index contributed by atoms with van der Waals surface area (Å²) in [5.41, 5.74) is 0. The molecule has 0 aromatic rings. The maximum Gasteiger partial charge on any atom is 0.321 e. The second-order valence-corrected chi connectivity index (χ2v) is 2.09. The van der Waals surface area contributed by atoms with Gasteiger partial charge in [0.05, 0.1) is 0 Å². The van der Waals surface area contributed by atoms with E-state index in [1.807, 2.05) is 0 Å². The first-order valence-corrected chi connectivity index (χ1v) is 2.97. The summed E-state index contributed by atoms with van der Waals surface area (Å²) in [5, 5.41) is 10.9. The maximum absolute atomic E-state index is 10.4. The third-order valence-electron chi connectivity index (χ3n) is 1.14. The Bertz CT molecular complexity index is 144. The van der Waals surface area contributed by atoms with Crippen molar-refractivity contribution in [3.8, 4) is 0 Å². The Kier molecular flexibility index (Phi) is 3.64. The smallest absolute Gasteiger partial charge is 0.321 e. The molecule has 0 rings (SSSR count). The molecule has 1 atom stereocenters. The molecule has 58 valence electrons. The first kappa shape index (κ1) is 9.10. The van der Waals surface area contributed by atoms with Gasteiger partial charge in [0.25, 0.3) is 0 Å². The maximum atomic E-state index is 10.4. The molecule has 4 heteroatoms. The average molecular weight is 145 g/mol. The summed E-state index contributed by atoms with van der Waals surface area (Å²) < 4.78 is 0. The van der Waals surface area contributed by atoms with Gasteiger partial charge in [-0.05, 0) is 14.0 Å². The van der Waals surface area contributed by atoms with Gasteiger partial charge in [0, 0.05) is 6.42 Å². The zero-order valence-corrected chi connectivity index (χ0v) is 6.05. The third-order valence-corrected chi connectivity index (χ3v) is 1.14. The first-order valence-electron chi connectivity index (χ1n) is 2.97. The van der Waals surface area contributed by atoms with Crippen molar-refractivity contribution in [3.05, 3.63) is 0 Å². The van der Waals surface area contributed by atoms with Crippen LogP contribution in [0.3, 0.4) is 0 Å². The molecule has 0 radical (unpaired) electrons. The molecule has 0 aromatic carbocycles. The second kappa shape index (κ2) is 4.00. The lowest BCUT2D eigenvalue weighted by Crippen LogP contribution is -2.35. The molecule has 2 N–H and O–H groups in total. The number of Topliss-reactive ketones (excluding diaryl/α,β-unsaturated/α-hetero) is 1. The van der Waals surface area contributed by atoms with Crippen LogP contribution >= 0.6 is 0 Å². The molecule has 0 aliphatic heterocycles. The molecule has 0 saturated heterocycles. The lowest BCUT2D eigenvalue weighted by atomic mass is 10.1. The van der Waals surface area contributed by atoms with Crippen molar-refractivity contribution < 1.29 is 14.7 Å². The van der Waals surface area contributed by atoms with Crippen LogP contribution in [0.25, 0.3) is 0 Å². The van der Waals surface area contributed by atoms with Crippen LogP contribution in [0.2, 0.25) is 0 Å². The number of hydrogen-bond donors (Lipinski definition) is 2. The molecular weight excluding hydrogens is 134 g/mol. The van der Waals surface area contributed by atoms with Crippen molar-refractivity contribution in [2.75, 3.05) is 7.05 Å². The van der Waals surface area contributed by atoms with Crippen LogP contribution in [0.4, 0.5) is 0 Å². The highest BCUT2D eigenvalue weighted by molar-refractivity contribution is 5.84. The van der Waals surface area contributed by atoms with Crippen molar-refractivity contribution in [1.82, 2.24) is 5.32 Å². The van der Waals surface area contributed by atoms with Gasteiger partial charge in [0.2, 0.25) is 0 Å². The summed E-state index contributed by atoms with van der Waals surface area (Å²) in [7, 11) is 1.52. The van der Waals surface area contributed by atoms with Gasteiger partial charge in [-0.2, -0.15) is 0 Å². The predicted molar refractivity (Wildman–Crippen MR) is 35.8 cm³/mol. The summed E-state index contributed by atoms with van der Waals surface area (Å²) >= 11 is 0. The minimum absolute atomic E-state index is 0.0475. The molecule has 0 heterocycles. The molecule has 0 unspecified atom stereocenters. The van der Waals surface area contributed by atoms with E-state index in [0.29, 0.717) is 0 Å². The topological polar surface area (TPSA) is 66.4 Å². The lowest BCUT2D eigenvalue weighted by molar-refractivity contribution is -0.140. The SMILES string of the molecule is CN[C@H](CC(C)=O)C(=O)O. The van der Waals surface area contributed by atoms with E-state index < -0.39 is 12.0 Å². The van der Waals surface area contributed by atoms with Gasteiger partial charge < -0.3 is 10.4 Å². The second-order valence-electron chi connectivity index (χ2n) is 2.09. The van der Waals surface area contributed by atoms with Crippen molar-refractivity contribution in [1.29, 1.82) is 0 Å². The molecule has 0 fully saturated rings. The Morgan fingerprint density at radius 3 is 2.20 bits per heavy atom. The van der Waals surface area contributed by atoms with E-state index in [1.165, 1.54) is 14.0 Å². The molecule has 0 aliphatic rings. The van der Waals surface area contributed by atoms with E-state index in [1.54, 1.807) is 0 Å². The molecule has 0 bridgehead atoms. The highest BCUT2D eigenvalue weighted by atomic mass is 16.4. The number of likely N-dealkylation sites (N-methyl/N-ethyl adjacent to an activating group) is 1. The van der Waals surface area contributed by atoms with Crippen LogP contribution in [-0.4, -0.2) is 29.9 Å². The monoisotopic (exact) mass is 145 g/mol. The summed E-state index contributed by atoms with van der Waals surface area (Å²) in [6, 6.07) is -0.738. The van der Waals surface area contributed by atoms with Crippen molar-refractivity contribution in [3.63, 3.8) is 0 Å². The van der Waals surface area contributed by atoms with Gasteiger partial charge in [-0.25, -0.2) is 0 Å². The number of carboxylic acid groups (broad SMARTS) is 1. The van der Waals surface area contributed by atoms with Crippen LogP contribution in [0.5, 0.6) is 0 Å². The van der Waals surface area contributed by atoms with Crippen LogP contribution in [-0.2, 0) is 9.59 Å². The van der Waals surface area contributed by atoms with Crippen molar-refractivity contribution in [2.45, 2.75) is 19.4 Å². The number of ketones is 1. The Morgan fingerprint density at radius 1 is 1.60 bits per heavy atom. The summed E-state index contributed by atoms with van der Waals surface area (Å²) in [6.07, 6.45) is 0.0475. The van der Waals surface area contributed by atoms with Gasteiger partial charge in [0.1, 0.15) is 11.8 Å². The fraction of sp³-hybridized carbons (Fsp3) is 0.667. The number of aliphatic carboxylic acids is 1. The van der Waals surface area contributed by atoms with Gasteiger partial charge in [-0.3, -0.25) is 9.59 Å². The highest BCUT2D eigenvalue weighted by Crippen LogP contribution is 1.91. The van der Waals surface area contributed by atoms with E-state index >= 15 is 0 Å². The van der Waals surface area contributed by atoms with Crippen LogP contribution in [0.15, 0.2) is 0 Å². The van der Waals surface area contributed by atoms with Crippen molar-refractivity contribution >= 4 is 11.8 Å². The van der Waals surface area contributed by atoms with Gasteiger partial charge >= 0.3 is 5.97 Å². The quantitative estimate of drug-likeness (QED) is 0.566. The Balaban J connectivity index is 3.83. The summed E-state index contributed by atoms with van der Waals surface area (Å²) in [4.78, 5) is 20.7. The molecule has 0 aromatic heterocycles. The van der Waals surface area contributed by atoms with E-state index in [0.717, 1.165) is 0 Å². The number of carbonyl (C=O) groups excluding carboxylic acids is 1. The predicted octanol–water partition coefficient (Wildman–Crippen LogP) is -0.362. The standard InChI is InChI=1S/C6H11NO3/c1-4(8)3-5(7-2)6(9)10/h5,7H,3H2,1-2H3,(H,9,10)/t5-/m1/s1. The van der Waals surface area contributed by atoms with Crippen LogP contribution in [0, 0.1) is 0 Å². The van der Waals surface area contributed by atoms with Gasteiger partial charge in [-0.1, -0.05) is 0 Å². The van der Waals surface area contributed by atoms with E-state index in [9.17, 15) is 9.59 Å². The summed E-state index contributed by atoms with van der Waals surface area (Å²) in [5.74, 6) is -1.11. The molecule has 0 saturated carbocycles. The number of hydrogen-bond acceptors (Lipinski definition) is 3. The molecule has 10 heavy (non-hydrogen) atoms. The van der Waals surface area contributed by atoms with Gasteiger partial charge in [0.15, 0.2) is 0 Å². The minimum Gasteiger partial charge on any atom is -0.480 e. The normalized spacial score (nSPS) is 12.6. The molecule has 0 aliphatic carbocycles. The molecular formula is C6H11NO3. The fourth-order valence-corrected chi connectivity index (χ4v) is 0.600. The van der Waals surface area contributed by atoms with E-state index in [2.05, 4.69) is 5.32 Å². The highest BCUT2D eigenvalue weighted by Gasteiger charge is 2.15. The van der Waals surface area contributed by atoms with Crippen LogP contribution < -0.4 is 5.32 Å². The first-order chi connectivity index (χ1) is 4.57. The van der Waals surface area contributed by atoms with E-state index in [4.69, 9.17) is 5.11 Å². The number of carboxylic acids is 1. The number of carbonyl (C=O) groups is 2. The molecule has 4 nitrogen and oxygen atoms in total. The Hall–Kier alpha value is -0.900. The number of rotatable bonds is 4. The zero-order valence-electron chi connectivity index (χ0n) is 6.05.